The van der Waals surface area contributed by atoms with Crippen LogP contribution in [0.3, 0.4) is 0 Å². The van der Waals surface area contributed by atoms with E-state index >= 15 is 0 Å². The van der Waals surface area contributed by atoms with E-state index < -0.39 is 0 Å². The molecule has 1 aliphatic rings. The normalized spacial score (nSPS) is 14.4. The first-order chi connectivity index (χ1) is 13.5. The molecule has 0 bridgehead atoms. The van der Waals surface area contributed by atoms with Gasteiger partial charge in [0.15, 0.2) is 0 Å². The highest BCUT2D eigenvalue weighted by atomic mass is 79.9. The second-order valence-electron chi connectivity index (χ2n) is 6.69. The largest absolute Gasteiger partial charge is 0.353 e. The second-order valence-corrected chi connectivity index (χ2v) is 7.61. The van der Waals surface area contributed by atoms with Gasteiger partial charge >= 0.3 is 0 Å². The molecule has 144 valence electrons. The van der Waals surface area contributed by atoms with Gasteiger partial charge in [0, 0.05) is 54.8 Å². The molecule has 0 radical (unpaired) electrons. The molecule has 0 aliphatic carbocycles. The molecule has 0 N–H and O–H groups in total. The van der Waals surface area contributed by atoms with Crippen molar-refractivity contribution in [3.8, 4) is 5.82 Å². The van der Waals surface area contributed by atoms with Crippen LogP contribution in [0.25, 0.3) is 5.82 Å². The molecule has 4 heterocycles. The van der Waals surface area contributed by atoms with Crippen LogP contribution in [0.15, 0.2) is 41.7 Å². The average Bonchev–Trinajstić information content (AvgIpc) is 3.06. The molecule has 0 spiro atoms. The zero-order valence-corrected chi connectivity index (χ0v) is 17.3. The molecule has 9 heteroatoms. The number of nitrogens with zero attached hydrogens (tertiary/aromatic N) is 7. The van der Waals surface area contributed by atoms with Crippen molar-refractivity contribution in [3.05, 3.63) is 58.6 Å². The van der Waals surface area contributed by atoms with Crippen molar-refractivity contribution in [2.45, 2.75) is 13.8 Å². The maximum absolute atomic E-state index is 12.7. The minimum absolute atomic E-state index is 0.00124. The predicted octanol–water partition coefficient (Wildman–Crippen LogP) is 2.40. The summed E-state index contributed by atoms with van der Waals surface area (Å²) in [6, 6.07) is 3.76. The SMILES string of the molecule is Cc1ncn(-c2cc(N3CCN(C(=O)c4cncc(Br)c4)CC3)ncn2)c1C. The van der Waals surface area contributed by atoms with Crippen LogP contribution in [-0.4, -0.2) is 61.5 Å². The molecule has 4 rings (SSSR count). The third kappa shape index (κ3) is 3.62. The summed E-state index contributed by atoms with van der Waals surface area (Å²) >= 11 is 3.37. The minimum Gasteiger partial charge on any atom is -0.353 e. The van der Waals surface area contributed by atoms with Crippen molar-refractivity contribution in [1.29, 1.82) is 0 Å². The van der Waals surface area contributed by atoms with Crippen molar-refractivity contribution in [2.24, 2.45) is 0 Å². The summed E-state index contributed by atoms with van der Waals surface area (Å²) in [7, 11) is 0. The quantitative estimate of drug-likeness (QED) is 0.620. The summed E-state index contributed by atoms with van der Waals surface area (Å²) in [5.74, 6) is 1.65. The topological polar surface area (TPSA) is 80.0 Å². The zero-order chi connectivity index (χ0) is 19.7. The van der Waals surface area contributed by atoms with Crippen molar-refractivity contribution >= 4 is 27.7 Å². The molecule has 0 saturated carbocycles. The van der Waals surface area contributed by atoms with E-state index in [1.54, 1.807) is 31.1 Å². The highest BCUT2D eigenvalue weighted by molar-refractivity contribution is 9.10. The molecule has 28 heavy (non-hydrogen) atoms. The van der Waals surface area contributed by atoms with Gasteiger partial charge in [0.05, 0.1) is 11.3 Å². The minimum atomic E-state index is 0.00124. The number of aryl methyl sites for hydroxylation is 1. The summed E-state index contributed by atoms with van der Waals surface area (Å²) < 4.78 is 2.76. The van der Waals surface area contributed by atoms with E-state index in [0.29, 0.717) is 31.7 Å². The van der Waals surface area contributed by atoms with E-state index in [1.807, 2.05) is 29.4 Å². The number of aromatic nitrogens is 5. The number of hydrogen-bond acceptors (Lipinski definition) is 6. The Morgan fingerprint density at radius 2 is 1.75 bits per heavy atom. The molecule has 1 aliphatic heterocycles. The van der Waals surface area contributed by atoms with Crippen LogP contribution < -0.4 is 4.90 Å². The first-order valence-corrected chi connectivity index (χ1v) is 9.80. The van der Waals surface area contributed by atoms with Crippen molar-refractivity contribution in [3.63, 3.8) is 0 Å². The van der Waals surface area contributed by atoms with E-state index in [4.69, 9.17) is 0 Å². The van der Waals surface area contributed by atoms with Crippen molar-refractivity contribution in [1.82, 2.24) is 29.4 Å². The molecule has 0 atom stereocenters. The Morgan fingerprint density at radius 3 is 2.43 bits per heavy atom. The number of pyridine rings is 1. The molecule has 1 fully saturated rings. The summed E-state index contributed by atoms with van der Waals surface area (Å²) in [6.45, 7) is 6.69. The van der Waals surface area contributed by atoms with E-state index in [9.17, 15) is 4.79 Å². The van der Waals surface area contributed by atoms with Crippen LogP contribution in [0.2, 0.25) is 0 Å². The Kier molecular flexibility index (Phi) is 5.08. The lowest BCUT2D eigenvalue weighted by Gasteiger charge is -2.35. The van der Waals surface area contributed by atoms with E-state index in [0.717, 1.165) is 27.5 Å². The summed E-state index contributed by atoms with van der Waals surface area (Å²) in [4.78, 5) is 33.9. The first kappa shape index (κ1) is 18.5. The van der Waals surface area contributed by atoms with Crippen molar-refractivity contribution in [2.75, 3.05) is 31.1 Å². The second kappa shape index (κ2) is 7.67. The summed E-state index contributed by atoms with van der Waals surface area (Å²) in [5, 5.41) is 0. The number of hydrogen-bond donors (Lipinski definition) is 0. The highest BCUT2D eigenvalue weighted by Crippen LogP contribution is 2.19. The molecular formula is C19H20BrN7O. The van der Waals surface area contributed by atoms with Gasteiger partial charge in [-0.05, 0) is 35.8 Å². The van der Waals surface area contributed by atoms with Crippen LogP contribution in [0, 0.1) is 13.8 Å². The van der Waals surface area contributed by atoms with Gasteiger partial charge in [-0.3, -0.25) is 14.3 Å². The standard InChI is InChI=1S/C19H20BrN7O/c1-13-14(2)27(12-24-13)18-8-17(22-11-23-18)25-3-5-26(6-4-25)19(28)15-7-16(20)10-21-9-15/h7-12H,3-6H2,1-2H3. The van der Waals surface area contributed by atoms with Crippen LogP contribution >= 0.6 is 15.9 Å². The summed E-state index contributed by atoms with van der Waals surface area (Å²) in [5.41, 5.74) is 2.63. The third-order valence-corrected chi connectivity index (χ3v) is 5.41. The fraction of sp³-hybridized carbons (Fsp3) is 0.316. The molecule has 0 unspecified atom stereocenters. The number of piperazine rings is 1. The molecule has 3 aromatic rings. The van der Waals surface area contributed by atoms with E-state index in [1.165, 1.54) is 0 Å². The third-order valence-electron chi connectivity index (χ3n) is 4.98. The van der Waals surface area contributed by atoms with Gasteiger partial charge in [-0.2, -0.15) is 0 Å². The molecule has 1 saturated heterocycles. The van der Waals surface area contributed by atoms with E-state index in [-0.39, 0.29) is 5.91 Å². The van der Waals surface area contributed by atoms with Gasteiger partial charge in [0.2, 0.25) is 0 Å². The maximum atomic E-state index is 12.7. The molecule has 3 aromatic heterocycles. The lowest BCUT2D eigenvalue weighted by atomic mass is 10.2. The van der Waals surface area contributed by atoms with Gasteiger partial charge in [0.1, 0.15) is 24.3 Å². The number of rotatable bonds is 3. The van der Waals surface area contributed by atoms with Gasteiger partial charge in [-0.25, -0.2) is 15.0 Å². The van der Waals surface area contributed by atoms with Crippen molar-refractivity contribution < 1.29 is 4.79 Å². The van der Waals surface area contributed by atoms with Crippen LogP contribution in [-0.2, 0) is 0 Å². The number of imidazole rings is 1. The number of amides is 1. The molecule has 0 aromatic carbocycles. The Hall–Kier alpha value is -2.81. The van der Waals surface area contributed by atoms with Crippen LogP contribution in [0.1, 0.15) is 21.7 Å². The smallest absolute Gasteiger partial charge is 0.255 e. The number of anilines is 1. The zero-order valence-electron chi connectivity index (χ0n) is 15.7. The summed E-state index contributed by atoms with van der Waals surface area (Å²) in [6.07, 6.45) is 6.63. The van der Waals surface area contributed by atoms with E-state index in [2.05, 4.69) is 40.8 Å². The number of halogens is 1. The average molecular weight is 442 g/mol. The fourth-order valence-electron chi connectivity index (χ4n) is 3.22. The van der Waals surface area contributed by atoms with Gasteiger partial charge in [-0.15, -0.1) is 0 Å². The predicted molar refractivity (Wildman–Crippen MR) is 109 cm³/mol. The van der Waals surface area contributed by atoms with Crippen LogP contribution in [0.5, 0.6) is 0 Å². The molecular weight excluding hydrogens is 422 g/mol. The number of carbonyl (C=O) groups is 1. The fourth-order valence-corrected chi connectivity index (χ4v) is 3.59. The Morgan fingerprint density at radius 1 is 1.00 bits per heavy atom. The Labute approximate surface area is 171 Å². The van der Waals surface area contributed by atoms with Gasteiger partial charge in [0.25, 0.3) is 5.91 Å². The van der Waals surface area contributed by atoms with Gasteiger partial charge in [-0.1, -0.05) is 0 Å². The first-order valence-electron chi connectivity index (χ1n) is 9.00. The maximum Gasteiger partial charge on any atom is 0.255 e. The highest BCUT2D eigenvalue weighted by Gasteiger charge is 2.23. The number of carbonyl (C=O) groups excluding carboxylic acids is 1. The lowest BCUT2D eigenvalue weighted by Crippen LogP contribution is -2.49. The monoisotopic (exact) mass is 441 g/mol. The van der Waals surface area contributed by atoms with Gasteiger partial charge < -0.3 is 9.80 Å². The molecule has 1 amide bonds. The van der Waals surface area contributed by atoms with Crippen LogP contribution in [0.4, 0.5) is 5.82 Å². The molecule has 8 nitrogen and oxygen atoms in total. The Bertz CT molecular complexity index is 1010. The lowest BCUT2D eigenvalue weighted by molar-refractivity contribution is 0.0746. The Balaban J connectivity index is 1.46.